The average Bonchev–Trinajstić information content (AvgIpc) is 3.61. The number of rotatable bonds is 7. The largest absolute Gasteiger partial charge is 0.476 e. The number of nitrogens with zero attached hydrogens (tertiary/aromatic N) is 5. The second kappa shape index (κ2) is 18.0. The molecule has 0 radical (unpaired) electrons. The molecule has 2 saturated heterocycles. The van der Waals surface area contributed by atoms with Gasteiger partial charge in [-0.2, -0.15) is 4.98 Å². The highest BCUT2D eigenvalue weighted by atomic mass is 35.5. The Morgan fingerprint density at radius 3 is 2.61 bits per heavy atom. The number of benzene rings is 3. The molecule has 2 atom stereocenters. The topological polar surface area (TPSA) is 172 Å². The standard InChI is InChI=1S/C46H49Cl2N7O8S/c1-46(2)24-36(29-5-7-31(47)8-6-29)37-27-53-17-16-52(26-33(53)28-61-18-4-20-62-42(37)25-46)32-9-11-35(44(56)51-64(59,60)34-10-12-38(48)40(23-34)55(57)58)39(22-32)54-15-3-19-63-45-41(54)21-30-13-14-49-43(30)50-45/h5-14,21-23,33,42H,3-4,15-20,24-28H2,1-2H3,(H,49,50)(H,51,56)/t33-,42+/m0/s1. The SMILES string of the molecule is CC1(C)CC(c2ccc(Cl)cc2)=C2CN3CCN(c4ccc(C(=O)NS(=O)(=O)c5ccc(Cl)c([N+](=O)[O-])c5)c(N5CCCOc6nc7[nH]ccc7cc65)c4)C[C@H]3COCCCO[C@@H]2C1. The van der Waals surface area contributed by atoms with Crippen LogP contribution in [0, 0.1) is 15.5 Å². The molecule has 0 spiro atoms. The zero-order valence-corrected chi connectivity index (χ0v) is 37.8. The summed E-state index contributed by atoms with van der Waals surface area (Å²) in [4.78, 5) is 39.3. The molecule has 4 aliphatic rings. The van der Waals surface area contributed by atoms with Gasteiger partial charge in [0, 0.05) is 74.3 Å². The first kappa shape index (κ1) is 44.0. The number of nitro benzene ring substituents is 1. The highest BCUT2D eigenvalue weighted by Gasteiger charge is 2.38. The average molecular weight is 931 g/mol. The highest BCUT2D eigenvalue weighted by Crippen LogP contribution is 2.46. The van der Waals surface area contributed by atoms with Gasteiger partial charge in [0.2, 0.25) is 5.88 Å². The van der Waals surface area contributed by atoms with Gasteiger partial charge in [-0.1, -0.05) is 49.2 Å². The van der Waals surface area contributed by atoms with Crippen LogP contribution in [0.3, 0.4) is 0 Å². The van der Waals surface area contributed by atoms with Crippen LogP contribution in [0.1, 0.15) is 55.5 Å². The lowest BCUT2D eigenvalue weighted by molar-refractivity contribution is -0.384. The van der Waals surface area contributed by atoms with E-state index in [-0.39, 0.29) is 28.1 Å². The smallest absolute Gasteiger partial charge is 0.289 e. The number of pyridine rings is 1. The summed E-state index contributed by atoms with van der Waals surface area (Å²) in [5.41, 5.74) is 5.82. The van der Waals surface area contributed by atoms with Crippen molar-refractivity contribution in [3.8, 4) is 5.88 Å². The molecule has 2 fully saturated rings. The number of carbonyl (C=O) groups is 1. The number of allylic oxidation sites excluding steroid dienone is 1. The number of piperazine rings is 1. The number of anilines is 3. The molecule has 336 valence electrons. The van der Waals surface area contributed by atoms with Gasteiger partial charge in [0.1, 0.15) is 16.4 Å². The van der Waals surface area contributed by atoms with Crippen LogP contribution in [0.5, 0.6) is 5.88 Å². The Labute approximate surface area is 381 Å². The number of aromatic nitrogens is 2. The molecule has 2 aromatic heterocycles. The minimum atomic E-state index is -4.58. The molecule has 0 bridgehead atoms. The third-order valence-electron chi connectivity index (χ3n) is 12.5. The number of halogens is 2. The van der Waals surface area contributed by atoms with Gasteiger partial charge in [-0.15, -0.1) is 0 Å². The maximum absolute atomic E-state index is 14.3. The first-order valence-electron chi connectivity index (χ1n) is 21.4. The maximum atomic E-state index is 14.3. The third-order valence-corrected chi connectivity index (χ3v) is 14.4. The molecule has 9 rings (SSSR count). The third kappa shape index (κ3) is 9.17. The fourth-order valence-corrected chi connectivity index (χ4v) is 10.6. The molecule has 3 aromatic carbocycles. The highest BCUT2D eigenvalue weighted by molar-refractivity contribution is 7.90. The van der Waals surface area contributed by atoms with Crippen molar-refractivity contribution in [3.05, 3.63) is 116 Å². The number of fused-ring (bicyclic) bond motifs is 4. The number of ether oxygens (including phenoxy) is 3. The number of carbonyl (C=O) groups excluding carboxylic acids is 1. The molecule has 0 saturated carbocycles. The van der Waals surface area contributed by atoms with Gasteiger partial charge in [-0.05, 0) is 102 Å². The summed E-state index contributed by atoms with van der Waals surface area (Å²) in [5, 5.41) is 12.9. The van der Waals surface area contributed by atoms with Crippen LogP contribution in [0.4, 0.5) is 22.7 Å². The van der Waals surface area contributed by atoms with Crippen LogP contribution in [-0.2, 0) is 19.5 Å². The molecule has 15 nitrogen and oxygen atoms in total. The monoisotopic (exact) mass is 929 g/mol. The zero-order chi connectivity index (χ0) is 44.8. The van der Waals surface area contributed by atoms with E-state index in [0.29, 0.717) is 80.4 Å². The number of sulfonamides is 1. The minimum absolute atomic E-state index is 0.0137. The fourth-order valence-electron chi connectivity index (χ4n) is 9.28. The Morgan fingerprint density at radius 1 is 0.969 bits per heavy atom. The Balaban J connectivity index is 1.07. The van der Waals surface area contributed by atoms with Crippen LogP contribution in [0.2, 0.25) is 10.0 Å². The number of nitrogens with one attached hydrogen (secondary N) is 2. The van der Waals surface area contributed by atoms with E-state index >= 15 is 0 Å². The molecule has 3 aliphatic heterocycles. The number of hydrogen-bond donors (Lipinski definition) is 2. The van der Waals surface area contributed by atoms with E-state index in [0.717, 1.165) is 67.2 Å². The van der Waals surface area contributed by atoms with Gasteiger partial charge in [0.15, 0.2) is 0 Å². The summed E-state index contributed by atoms with van der Waals surface area (Å²) in [7, 11) is -4.58. The van der Waals surface area contributed by atoms with Crippen LogP contribution >= 0.6 is 23.2 Å². The molecule has 5 aromatic rings. The van der Waals surface area contributed by atoms with E-state index in [1.165, 1.54) is 11.1 Å². The number of hydrogen-bond acceptors (Lipinski definition) is 12. The van der Waals surface area contributed by atoms with Crippen LogP contribution in [0.25, 0.3) is 16.6 Å². The van der Waals surface area contributed by atoms with Gasteiger partial charge < -0.3 is 29.0 Å². The van der Waals surface area contributed by atoms with Gasteiger partial charge in [0.05, 0.1) is 46.4 Å². The van der Waals surface area contributed by atoms with E-state index in [1.54, 1.807) is 12.3 Å². The van der Waals surface area contributed by atoms with Gasteiger partial charge in [-0.3, -0.25) is 19.8 Å². The van der Waals surface area contributed by atoms with Gasteiger partial charge in [-0.25, -0.2) is 13.1 Å². The molecular formula is C46H49Cl2N7O8S. The lowest BCUT2D eigenvalue weighted by atomic mass is 9.71. The van der Waals surface area contributed by atoms with Crippen LogP contribution in [-0.4, -0.2) is 105 Å². The number of amides is 1. The Bertz CT molecular complexity index is 2750. The lowest BCUT2D eigenvalue weighted by Gasteiger charge is -2.45. The summed E-state index contributed by atoms with van der Waals surface area (Å²) in [6.45, 7) is 9.85. The predicted molar refractivity (Wildman–Crippen MR) is 247 cm³/mol. The van der Waals surface area contributed by atoms with Gasteiger partial charge in [0.25, 0.3) is 21.6 Å². The van der Waals surface area contributed by atoms with Crippen molar-refractivity contribution in [1.82, 2.24) is 19.6 Å². The predicted octanol–water partition coefficient (Wildman–Crippen LogP) is 8.39. The van der Waals surface area contributed by atoms with Crippen molar-refractivity contribution in [2.75, 3.05) is 69.0 Å². The molecule has 64 heavy (non-hydrogen) atoms. The second-order valence-electron chi connectivity index (χ2n) is 17.5. The first-order valence-corrected chi connectivity index (χ1v) is 23.7. The molecule has 1 aliphatic carbocycles. The van der Waals surface area contributed by atoms with Crippen LogP contribution < -0.4 is 19.3 Å². The van der Waals surface area contributed by atoms with E-state index in [4.69, 9.17) is 42.4 Å². The van der Waals surface area contributed by atoms with E-state index in [2.05, 4.69) is 45.5 Å². The van der Waals surface area contributed by atoms with Crippen molar-refractivity contribution in [2.24, 2.45) is 5.41 Å². The number of nitro groups is 1. The van der Waals surface area contributed by atoms with E-state index in [1.807, 2.05) is 41.3 Å². The molecule has 5 heterocycles. The van der Waals surface area contributed by atoms with Crippen molar-refractivity contribution >= 4 is 78.5 Å². The van der Waals surface area contributed by atoms with E-state index in [9.17, 15) is 23.3 Å². The summed E-state index contributed by atoms with van der Waals surface area (Å²) < 4.78 is 48.6. The molecule has 18 heteroatoms. The summed E-state index contributed by atoms with van der Waals surface area (Å²) in [5.74, 6) is -0.547. The molecule has 2 N–H and O–H groups in total. The van der Waals surface area contributed by atoms with E-state index < -0.39 is 31.4 Å². The van der Waals surface area contributed by atoms with Crippen LogP contribution in [0.15, 0.2) is 89.5 Å². The normalized spacial score (nSPS) is 20.9. The summed E-state index contributed by atoms with van der Waals surface area (Å²) in [6.07, 6.45) is 4.95. The van der Waals surface area contributed by atoms with Crippen molar-refractivity contribution in [1.29, 1.82) is 0 Å². The Kier molecular flexibility index (Phi) is 12.4. The number of H-pyrrole nitrogens is 1. The quantitative estimate of drug-likeness (QED) is 0.118. The minimum Gasteiger partial charge on any atom is -0.476 e. The zero-order valence-electron chi connectivity index (χ0n) is 35.5. The van der Waals surface area contributed by atoms with Gasteiger partial charge >= 0.3 is 0 Å². The van der Waals surface area contributed by atoms with Crippen molar-refractivity contribution in [3.63, 3.8) is 0 Å². The van der Waals surface area contributed by atoms with Crippen molar-refractivity contribution < 1.29 is 32.3 Å². The molecule has 1 amide bonds. The van der Waals surface area contributed by atoms with Crippen molar-refractivity contribution in [2.45, 2.75) is 56.6 Å². The first-order chi connectivity index (χ1) is 30.7. The Morgan fingerprint density at radius 2 is 1.80 bits per heavy atom. The molecular weight excluding hydrogens is 882 g/mol. The maximum Gasteiger partial charge on any atom is 0.289 e. The Hall–Kier alpha value is -5.23. The summed E-state index contributed by atoms with van der Waals surface area (Å²) >= 11 is 12.3. The summed E-state index contributed by atoms with van der Waals surface area (Å²) in [6, 6.07) is 20.4. The number of aromatic amines is 1. The second-order valence-corrected chi connectivity index (χ2v) is 20.0. The fraction of sp³-hybridized carbons (Fsp3) is 0.391. The lowest BCUT2D eigenvalue weighted by Crippen LogP contribution is -2.56. The molecule has 0 unspecified atom stereocenters.